The van der Waals surface area contributed by atoms with Gasteiger partial charge in [-0.05, 0) is 24.3 Å². The topological polar surface area (TPSA) is 76.4 Å². The molecule has 0 amide bonds. The van der Waals surface area contributed by atoms with Crippen molar-refractivity contribution >= 4 is 40.3 Å². The van der Waals surface area contributed by atoms with Gasteiger partial charge in [0.1, 0.15) is 4.99 Å². The third-order valence-electron chi connectivity index (χ3n) is 1.40. The number of thiocarbonyl (C=S) groups is 1. The highest BCUT2D eigenvalue weighted by Gasteiger charge is 1.95. The van der Waals surface area contributed by atoms with Crippen LogP contribution in [0, 0.1) is 0 Å². The molecule has 0 aromatic heterocycles. The van der Waals surface area contributed by atoms with Crippen LogP contribution in [0.1, 0.15) is 0 Å². The molecule has 1 aromatic carbocycles. The molecule has 0 aliphatic carbocycles. The molecule has 1 aromatic rings. The maximum atomic E-state index is 5.70. The number of hydrogen-bond donors (Lipinski definition) is 3. The summed E-state index contributed by atoms with van der Waals surface area (Å²) in [6.07, 6.45) is 0. The van der Waals surface area contributed by atoms with Gasteiger partial charge in [0.25, 0.3) is 0 Å². The van der Waals surface area contributed by atoms with E-state index >= 15 is 0 Å². The van der Waals surface area contributed by atoms with E-state index in [1.807, 2.05) is 0 Å². The number of nitrogens with two attached hydrogens (primary N) is 2. The fourth-order valence-corrected chi connectivity index (χ4v) is 0.876. The highest BCUT2D eigenvalue weighted by atomic mass is 35.5. The molecule has 0 bridgehead atoms. The van der Waals surface area contributed by atoms with Gasteiger partial charge in [-0.25, -0.2) is 0 Å². The number of hydrogen-bond acceptors (Lipinski definition) is 3. The van der Waals surface area contributed by atoms with Crippen LogP contribution in [0.5, 0.6) is 0 Å². The lowest BCUT2D eigenvalue weighted by atomic mass is 10.3. The van der Waals surface area contributed by atoms with Gasteiger partial charge in [0.15, 0.2) is 5.84 Å². The summed E-state index contributed by atoms with van der Waals surface area (Å²) in [6, 6.07) is 6.99. The molecular formula is C8H9ClN4S. The summed E-state index contributed by atoms with van der Waals surface area (Å²) in [5, 5.41) is 4.41. The van der Waals surface area contributed by atoms with Gasteiger partial charge >= 0.3 is 0 Å². The molecule has 0 spiro atoms. The largest absolute Gasteiger partial charge is 0.387 e. The van der Waals surface area contributed by atoms with Gasteiger partial charge in [0.05, 0.1) is 5.69 Å². The number of benzene rings is 1. The van der Waals surface area contributed by atoms with Gasteiger partial charge in [-0.1, -0.05) is 23.8 Å². The Labute approximate surface area is 91.9 Å². The summed E-state index contributed by atoms with van der Waals surface area (Å²) in [6.45, 7) is 0. The molecule has 0 unspecified atom stereocenters. The van der Waals surface area contributed by atoms with E-state index < -0.39 is 0 Å². The number of nitrogens with zero attached hydrogens (tertiary/aromatic N) is 1. The lowest BCUT2D eigenvalue weighted by Crippen LogP contribution is -2.29. The van der Waals surface area contributed by atoms with Crippen LogP contribution in [0.2, 0.25) is 5.02 Å². The molecule has 4 nitrogen and oxygen atoms in total. The molecule has 1 rings (SSSR count). The second-order valence-corrected chi connectivity index (χ2v) is 3.36. The zero-order valence-corrected chi connectivity index (χ0v) is 8.77. The minimum atomic E-state index is 0.0615. The molecule has 5 N–H and O–H groups in total. The van der Waals surface area contributed by atoms with Crippen molar-refractivity contribution in [3.05, 3.63) is 29.3 Å². The Morgan fingerprint density at radius 2 is 1.86 bits per heavy atom. The Hall–Kier alpha value is -1.33. The van der Waals surface area contributed by atoms with E-state index in [4.69, 9.17) is 23.1 Å². The van der Waals surface area contributed by atoms with E-state index in [2.05, 4.69) is 22.7 Å². The van der Waals surface area contributed by atoms with Crippen molar-refractivity contribution in [3.8, 4) is 0 Å². The zero-order valence-electron chi connectivity index (χ0n) is 7.20. The monoisotopic (exact) mass is 228 g/mol. The second kappa shape index (κ2) is 4.78. The van der Waals surface area contributed by atoms with Gasteiger partial charge in [0, 0.05) is 5.02 Å². The predicted octanol–water partition coefficient (Wildman–Crippen LogP) is 1.31. The first-order valence-electron chi connectivity index (χ1n) is 3.74. The normalized spacial score (nSPS) is 11.1. The van der Waals surface area contributed by atoms with E-state index in [1.54, 1.807) is 24.3 Å². The van der Waals surface area contributed by atoms with Gasteiger partial charge < -0.3 is 11.5 Å². The van der Waals surface area contributed by atoms with Crippen molar-refractivity contribution in [2.24, 2.45) is 16.6 Å². The summed E-state index contributed by atoms with van der Waals surface area (Å²) in [5.41, 5.74) is 14.1. The molecule has 0 saturated heterocycles. The van der Waals surface area contributed by atoms with Crippen molar-refractivity contribution in [2.75, 3.05) is 5.43 Å². The van der Waals surface area contributed by atoms with Gasteiger partial charge in [-0.3, -0.25) is 5.43 Å². The van der Waals surface area contributed by atoms with Crippen molar-refractivity contribution in [2.45, 2.75) is 0 Å². The lowest BCUT2D eigenvalue weighted by molar-refractivity contribution is 1.33. The molecule has 74 valence electrons. The van der Waals surface area contributed by atoms with Crippen LogP contribution in [0.15, 0.2) is 29.4 Å². The maximum absolute atomic E-state index is 5.70. The fourth-order valence-electron chi connectivity index (χ4n) is 0.704. The van der Waals surface area contributed by atoms with E-state index in [1.165, 1.54) is 0 Å². The van der Waals surface area contributed by atoms with E-state index in [-0.39, 0.29) is 10.8 Å². The van der Waals surface area contributed by atoms with Crippen molar-refractivity contribution in [1.82, 2.24) is 0 Å². The van der Waals surface area contributed by atoms with Gasteiger partial charge in [-0.15, -0.1) is 0 Å². The van der Waals surface area contributed by atoms with Crippen molar-refractivity contribution in [1.29, 1.82) is 0 Å². The van der Waals surface area contributed by atoms with Crippen LogP contribution in [0.25, 0.3) is 0 Å². The lowest BCUT2D eigenvalue weighted by Gasteiger charge is -2.01. The Bertz CT molecular complexity index is 360. The Morgan fingerprint density at radius 3 is 2.36 bits per heavy atom. The Kier molecular flexibility index (Phi) is 3.67. The summed E-state index contributed by atoms with van der Waals surface area (Å²) >= 11 is 10.3. The Morgan fingerprint density at radius 1 is 1.29 bits per heavy atom. The van der Waals surface area contributed by atoms with Crippen molar-refractivity contribution < 1.29 is 0 Å². The molecule has 6 heteroatoms. The summed E-state index contributed by atoms with van der Waals surface area (Å²) < 4.78 is 0. The molecule has 0 aliphatic rings. The van der Waals surface area contributed by atoms with Crippen LogP contribution in [-0.4, -0.2) is 10.8 Å². The molecule has 0 heterocycles. The smallest absolute Gasteiger partial charge is 0.178 e. The molecule has 0 aliphatic heterocycles. The first kappa shape index (κ1) is 10.7. The number of halogens is 1. The number of nitrogens with one attached hydrogen (secondary N) is 1. The van der Waals surface area contributed by atoms with Crippen LogP contribution in [-0.2, 0) is 0 Å². The van der Waals surface area contributed by atoms with E-state index in [0.717, 1.165) is 5.69 Å². The average molecular weight is 229 g/mol. The van der Waals surface area contributed by atoms with Crippen LogP contribution in [0.4, 0.5) is 5.69 Å². The van der Waals surface area contributed by atoms with E-state index in [0.29, 0.717) is 5.02 Å². The van der Waals surface area contributed by atoms with Crippen LogP contribution in [0.3, 0.4) is 0 Å². The zero-order chi connectivity index (χ0) is 10.6. The SMILES string of the molecule is NC(=S)/C(N)=N/Nc1ccc(Cl)cc1. The molecule has 0 atom stereocenters. The molecular weight excluding hydrogens is 220 g/mol. The predicted molar refractivity (Wildman–Crippen MR) is 63.5 cm³/mol. The van der Waals surface area contributed by atoms with Crippen molar-refractivity contribution in [3.63, 3.8) is 0 Å². The standard InChI is InChI=1S/C8H9ClN4S/c9-5-1-3-6(4-2-5)12-13-7(10)8(11)14/h1-4,12H,(H2,10,13)(H2,11,14). The summed E-state index contributed by atoms with van der Waals surface area (Å²) in [7, 11) is 0. The maximum Gasteiger partial charge on any atom is 0.178 e. The molecule has 14 heavy (non-hydrogen) atoms. The number of rotatable bonds is 2. The number of anilines is 1. The molecule has 0 saturated carbocycles. The molecule has 0 radical (unpaired) electrons. The first-order chi connectivity index (χ1) is 6.59. The molecule has 0 fully saturated rings. The van der Waals surface area contributed by atoms with Crippen LogP contribution < -0.4 is 16.9 Å². The fraction of sp³-hybridized carbons (Fsp3) is 0. The number of hydrazone groups is 1. The minimum absolute atomic E-state index is 0.0615. The third kappa shape index (κ3) is 3.20. The first-order valence-corrected chi connectivity index (χ1v) is 4.53. The quantitative estimate of drug-likeness (QED) is 0.309. The average Bonchev–Trinajstić information content (AvgIpc) is 2.16. The van der Waals surface area contributed by atoms with Crippen LogP contribution >= 0.6 is 23.8 Å². The second-order valence-electron chi connectivity index (χ2n) is 2.48. The van der Waals surface area contributed by atoms with Gasteiger partial charge in [0.2, 0.25) is 0 Å². The van der Waals surface area contributed by atoms with Gasteiger partial charge in [-0.2, -0.15) is 5.10 Å². The highest BCUT2D eigenvalue weighted by molar-refractivity contribution is 7.82. The number of amidine groups is 1. The Balaban J connectivity index is 2.66. The van der Waals surface area contributed by atoms with E-state index in [9.17, 15) is 0 Å². The third-order valence-corrected chi connectivity index (χ3v) is 1.86. The minimum Gasteiger partial charge on any atom is -0.387 e. The highest BCUT2D eigenvalue weighted by Crippen LogP contribution is 2.12. The summed E-state index contributed by atoms with van der Waals surface area (Å²) in [5.74, 6) is 0.0925. The summed E-state index contributed by atoms with van der Waals surface area (Å²) in [4.78, 5) is 0.0615.